The number of nitrogens with zero attached hydrogens (tertiary/aromatic N) is 2. The number of hydrogen-bond donors (Lipinski definition) is 2. The van der Waals surface area contributed by atoms with E-state index in [9.17, 15) is 9.59 Å². The van der Waals surface area contributed by atoms with Gasteiger partial charge in [0.2, 0.25) is 5.91 Å². The van der Waals surface area contributed by atoms with Crippen molar-refractivity contribution in [3.63, 3.8) is 0 Å². The maximum Gasteiger partial charge on any atom is 0.321 e. The third-order valence-corrected chi connectivity index (χ3v) is 5.58. The molecule has 0 aliphatic carbocycles. The Morgan fingerprint density at radius 3 is 2.52 bits per heavy atom. The van der Waals surface area contributed by atoms with Crippen LogP contribution in [0.5, 0.6) is 0 Å². The van der Waals surface area contributed by atoms with Gasteiger partial charge in [-0.05, 0) is 50.8 Å². The fraction of sp³-hybridized carbons (Fsp3) is 0.619. The number of carbonyl (C=O) groups excluding carboxylic acids is 2. The number of nitrogens with one attached hydrogen (secondary N) is 2. The summed E-state index contributed by atoms with van der Waals surface area (Å²) in [5.74, 6) is 0.00935. The number of urea groups is 1. The van der Waals surface area contributed by atoms with E-state index in [1.54, 1.807) is 4.90 Å². The summed E-state index contributed by atoms with van der Waals surface area (Å²) >= 11 is 0. The van der Waals surface area contributed by atoms with E-state index < -0.39 is 0 Å². The van der Waals surface area contributed by atoms with Gasteiger partial charge in [0, 0.05) is 37.9 Å². The zero-order valence-electron chi connectivity index (χ0n) is 16.3. The zero-order valence-corrected chi connectivity index (χ0v) is 16.3. The van der Waals surface area contributed by atoms with Crippen molar-refractivity contribution in [1.29, 1.82) is 0 Å². The molecule has 148 valence electrons. The van der Waals surface area contributed by atoms with E-state index in [1.807, 2.05) is 30.3 Å². The standard InChI is InChI=1S/C21H32N4O2/c1-2-12-24-14-10-19(11-15-24)22-20(26)17-7-6-13-25(16-17)21(27)23-18-8-4-3-5-9-18/h3-5,8-9,17,19H,2,6-7,10-16H2,1H3,(H,22,26)(H,23,27). The van der Waals surface area contributed by atoms with E-state index in [1.165, 1.54) is 6.42 Å². The molecule has 3 rings (SSSR count). The molecule has 1 aromatic rings. The molecule has 1 unspecified atom stereocenters. The lowest BCUT2D eigenvalue weighted by atomic mass is 9.96. The topological polar surface area (TPSA) is 64.7 Å². The monoisotopic (exact) mass is 372 g/mol. The van der Waals surface area contributed by atoms with Crippen molar-refractivity contribution in [3.05, 3.63) is 30.3 Å². The summed E-state index contributed by atoms with van der Waals surface area (Å²) in [4.78, 5) is 29.5. The largest absolute Gasteiger partial charge is 0.353 e. The van der Waals surface area contributed by atoms with Crippen LogP contribution in [-0.4, -0.2) is 60.5 Å². The number of anilines is 1. The second-order valence-electron chi connectivity index (χ2n) is 7.71. The third-order valence-electron chi connectivity index (χ3n) is 5.58. The van der Waals surface area contributed by atoms with E-state index in [-0.39, 0.29) is 23.9 Å². The summed E-state index contributed by atoms with van der Waals surface area (Å²) in [5, 5.41) is 6.16. The Balaban J connectivity index is 1.46. The first kappa shape index (κ1) is 19.7. The molecule has 0 bridgehead atoms. The first-order valence-corrected chi connectivity index (χ1v) is 10.3. The first-order chi connectivity index (χ1) is 13.2. The Kier molecular flexibility index (Phi) is 7.10. The minimum atomic E-state index is -0.119. The highest BCUT2D eigenvalue weighted by Crippen LogP contribution is 2.19. The molecule has 6 heteroatoms. The van der Waals surface area contributed by atoms with Gasteiger partial charge in [-0.3, -0.25) is 4.79 Å². The molecular formula is C21H32N4O2. The zero-order chi connectivity index (χ0) is 19.1. The highest BCUT2D eigenvalue weighted by atomic mass is 16.2. The van der Waals surface area contributed by atoms with Crippen molar-refractivity contribution >= 4 is 17.6 Å². The number of rotatable bonds is 5. The fourth-order valence-electron chi connectivity index (χ4n) is 4.04. The van der Waals surface area contributed by atoms with Crippen molar-refractivity contribution in [1.82, 2.24) is 15.1 Å². The summed E-state index contributed by atoms with van der Waals surface area (Å²) < 4.78 is 0. The molecule has 2 saturated heterocycles. The van der Waals surface area contributed by atoms with E-state index in [0.29, 0.717) is 13.1 Å². The quantitative estimate of drug-likeness (QED) is 0.835. The summed E-state index contributed by atoms with van der Waals surface area (Å²) in [6, 6.07) is 9.62. The summed E-state index contributed by atoms with van der Waals surface area (Å²) in [5.41, 5.74) is 0.785. The van der Waals surface area contributed by atoms with Gasteiger partial charge in [-0.1, -0.05) is 25.1 Å². The number of benzene rings is 1. The normalized spacial score (nSPS) is 21.7. The molecular weight excluding hydrogens is 340 g/mol. The minimum Gasteiger partial charge on any atom is -0.353 e. The smallest absolute Gasteiger partial charge is 0.321 e. The van der Waals surface area contributed by atoms with Crippen LogP contribution < -0.4 is 10.6 Å². The van der Waals surface area contributed by atoms with Gasteiger partial charge in [0.05, 0.1) is 5.92 Å². The molecule has 2 heterocycles. The summed E-state index contributed by atoms with van der Waals surface area (Å²) in [6.45, 7) is 6.69. The van der Waals surface area contributed by atoms with Crippen LogP contribution >= 0.6 is 0 Å². The fourth-order valence-corrected chi connectivity index (χ4v) is 4.04. The second-order valence-corrected chi connectivity index (χ2v) is 7.71. The van der Waals surface area contributed by atoms with Gasteiger partial charge < -0.3 is 20.4 Å². The van der Waals surface area contributed by atoms with Crippen LogP contribution in [0.1, 0.15) is 39.0 Å². The maximum atomic E-state index is 12.7. The average Bonchev–Trinajstić information content (AvgIpc) is 2.70. The summed E-state index contributed by atoms with van der Waals surface area (Å²) in [6.07, 6.45) is 4.96. The van der Waals surface area contributed by atoms with Crippen molar-refractivity contribution in [2.45, 2.75) is 45.1 Å². The van der Waals surface area contributed by atoms with Crippen molar-refractivity contribution < 1.29 is 9.59 Å². The van der Waals surface area contributed by atoms with Crippen LogP contribution in [0, 0.1) is 5.92 Å². The van der Waals surface area contributed by atoms with Crippen molar-refractivity contribution in [2.24, 2.45) is 5.92 Å². The Bertz CT molecular complexity index is 614. The molecule has 6 nitrogen and oxygen atoms in total. The van der Waals surface area contributed by atoms with Crippen LogP contribution in [0.15, 0.2) is 30.3 Å². The molecule has 0 radical (unpaired) electrons. The highest BCUT2D eigenvalue weighted by molar-refractivity contribution is 5.90. The average molecular weight is 373 g/mol. The Labute approximate surface area is 162 Å². The molecule has 27 heavy (non-hydrogen) atoms. The number of hydrogen-bond acceptors (Lipinski definition) is 3. The van der Waals surface area contributed by atoms with E-state index in [4.69, 9.17) is 0 Å². The molecule has 0 aromatic heterocycles. The minimum absolute atomic E-state index is 0.103. The summed E-state index contributed by atoms with van der Waals surface area (Å²) in [7, 11) is 0. The molecule has 2 aliphatic heterocycles. The molecule has 0 spiro atoms. The number of carbonyl (C=O) groups is 2. The van der Waals surface area contributed by atoms with Crippen molar-refractivity contribution in [2.75, 3.05) is 38.0 Å². The van der Waals surface area contributed by atoms with Crippen LogP contribution in [0.25, 0.3) is 0 Å². The molecule has 0 saturated carbocycles. The van der Waals surface area contributed by atoms with E-state index in [0.717, 1.165) is 51.0 Å². The van der Waals surface area contributed by atoms with Gasteiger partial charge in [-0.15, -0.1) is 0 Å². The Morgan fingerprint density at radius 1 is 1.07 bits per heavy atom. The second kappa shape index (κ2) is 9.74. The number of piperidine rings is 2. The number of amides is 3. The van der Waals surface area contributed by atoms with Crippen LogP contribution in [-0.2, 0) is 4.79 Å². The van der Waals surface area contributed by atoms with Crippen LogP contribution in [0.2, 0.25) is 0 Å². The molecule has 2 aliphatic rings. The van der Waals surface area contributed by atoms with Gasteiger partial charge in [0.1, 0.15) is 0 Å². The van der Waals surface area contributed by atoms with Crippen molar-refractivity contribution in [3.8, 4) is 0 Å². The lowest BCUT2D eigenvalue weighted by Gasteiger charge is -2.35. The van der Waals surface area contributed by atoms with E-state index in [2.05, 4.69) is 22.5 Å². The van der Waals surface area contributed by atoms with Gasteiger partial charge in [-0.25, -0.2) is 4.79 Å². The number of likely N-dealkylation sites (tertiary alicyclic amines) is 2. The molecule has 3 amide bonds. The molecule has 1 atom stereocenters. The van der Waals surface area contributed by atoms with Gasteiger partial charge in [-0.2, -0.15) is 0 Å². The van der Waals surface area contributed by atoms with Gasteiger partial charge in [0.15, 0.2) is 0 Å². The predicted molar refractivity (Wildman–Crippen MR) is 108 cm³/mol. The predicted octanol–water partition coefficient (Wildman–Crippen LogP) is 2.92. The van der Waals surface area contributed by atoms with E-state index >= 15 is 0 Å². The van der Waals surface area contributed by atoms with Crippen LogP contribution in [0.3, 0.4) is 0 Å². The third kappa shape index (κ3) is 5.70. The Morgan fingerprint density at radius 2 is 1.81 bits per heavy atom. The van der Waals surface area contributed by atoms with Gasteiger partial charge >= 0.3 is 6.03 Å². The first-order valence-electron chi connectivity index (χ1n) is 10.3. The SMILES string of the molecule is CCCN1CCC(NC(=O)C2CCCN(C(=O)Nc3ccccc3)C2)CC1. The van der Waals surface area contributed by atoms with Gasteiger partial charge in [0.25, 0.3) is 0 Å². The molecule has 1 aromatic carbocycles. The number of para-hydroxylation sites is 1. The Hall–Kier alpha value is -2.08. The lowest BCUT2D eigenvalue weighted by molar-refractivity contribution is -0.127. The molecule has 2 N–H and O–H groups in total. The highest BCUT2D eigenvalue weighted by Gasteiger charge is 2.30. The maximum absolute atomic E-state index is 12.7. The van der Waals surface area contributed by atoms with Crippen LogP contribution in [0.4, 0.5) is 10.5 Å². The lowest BCUT2D eigenvalue weighted by Crippen LogP contribution is -2.50. The molecule has 2 fully saturated rings.